The first-order chi connectivity index (χ1) is 11.1. The van der Waals surface area contributed by atoms with E-state index in [1.807, 2.05) is 18.4 Å². The molecule has 0 aromatic carbocycles. The summed E-state index contributed by atoms with van der Waals surface area (Å²) < 4.78 is 5.81. The monoisotopic (exact) mass is 333 g/mol. The van der Waals surface area contributed by atoms with Crippen LogP contribution in [0.5, 0.6) is 6.01 Å². The van der Waals surface area contributed by atoms with Gasteiger partial charge in [-0.05, 0) is 42.3 Å². The minimum atomic E-state index is -0.843. The molecule has 7 heteroatoms. The number of rotatable bonds is 5. The molecule has 0 aliphatic carbocycles. The molecule has 1 aliphatic heterocycles. The molecule has 0 spiro atoms. The van der Waals surface area contributed by atoms with Gasteiger partial charge in [-0.2, -0.15) is 0 Å². The van der Waals surface area contributed by atoms with E-state index in [1.165, 1.54) is 11.3 Å². The van der Waals surface area contributed by atoms with Crippen molar-refractivity contribution in [3.05, 3.63) is 39.8 Å². The summed E-state index contributed by atoms with van der Waals surface area (Å²) in [6, 6.07) is 2.33. The van der Waals surface area contributed by atoms with Crippen LogP contribution in [0, 0.1) is 6.92 Å². The number of nitrogens with zero attached hydrogens (tertiary/aromatic N) is 3. The van der Waals surface area contributed by atoms with Crippen LogP contribution in [0.4, 0.5) is 0 Å². The normalized spacial score (nSPS) is 16.4. The van der Waals surface area contributed by atoms with Crippen molar-refractivity contribution in [1.29, 1.82) is 0 Å². The van der Waals surface area contributed by atoms with E-state index >= 15 is 0 Å². The van der Waals surface area contributed by atoms with Gasteiger partial charge in [0.2, 0.25) is 0 Å². The molecule has 6 nitrogen and oxygen atoms in total. The molecule has 0 saturated carbocycles. The molecule has 0 amide bonds. The SMILES string of the molecule is Cc1cnc(OC2CCN(Cc3ccsc3C(=O)O)CC2)nc1. The smallest absolute Gasteiger partial charge is 0.346 e. The lowest BCUT2D eigenvalue weighted by molar-refractivity contribution is 0.0694. The number of thiophene rings is 1. The number of aromatic carboxylic acids is 1. The zero-order valence-electron chi connectivity index (χ0n) is 12.9. The number of hydrogen-bond acceptors (Lipinski definition) is 6. The third kappa shape index (κ3) is 4.05. The van der Waals surface area contributed by atoms with Crippen LogP contribution >= 0.6 is 11.3 Å². The largest absolute Gasteiger partial charge is 0.477 e. The summed E-state index contributed by atoms with van der Waals surface area (Å²) in [5, 5.41) is 11.0. The summed E-state index contributed by atoms with van der Waals surface area (Å²) in [6.07, 6.45) is 5.41. The van der Waals surface area contributed by atoms with Crippen LogP contribution in [0.25, 0.3) is 0 Å². The molecule has 2 aromatic rings. The van der Waals surface area contributed by atoms with E-state index in [-0.39, 0.29) is 6.10 Å². The average molecular weight is 333 g/mol. The number of carboxylic acids is 1. The second kappa shape index (κ2) is 7.06. The molecular formula is C16H19N3O3S. The summed E-state index contributed by atoms with van der Waals surface area (Å²) in [5.74, 6) is -0.843. The fourth-order valence-electron chi connectivity index (χ4n) is 2.66. The van der Waals surface area contributed by atoms with Gasteiger partial charge in [-0.3, -0.25) is 4.90 Å². The van der Waals surface area contributed by atoms with Crippen molar-refractivity contribution in [2.75, 3.05) is 13.1 Å². The zero-order valence-corrected chi connectivity index (χ0v) is 13.8. The van der Waals surface area contributed by atoms with Gasteiger partial charge in [-0.15, -0.1) is 11.3 Å². The highest BCUT2D eigenvalue weighted by Crippen LogP contribution is 2.22. The van der Waals surface area contributed by atoms with Crippen LogP contribution < -0.4 is 4.74 Å². The first-order valence-electron chi connectivity index (χ1n) is 7.59. The molecule has 0 atom stereocenters. The van der Waals surface area contributed by atoms with Crippen molar-refractivity contribution in [3.63, 3.8) is 0 Å². The third-order valence-electron chi connectivity index (χ3n) is 3.90. The van der Waals surface area contributed by atoms with E-state index in [9.17, 15) is 4.79 Å². The van der Waals surface area contributed by atoms with E-state index in [2.05, 4.69) is 14.9 Å². The highest BCUT2D eigenvalue weighted by Gasteiger charge is 2.23. The number of carboxylic acid groups (broad SMARTS) is 1. The minimum absolute atomic E-state index is 0.121. The number of ether oxygens (including phenoxy) is 1. The lowest BCUT2D eigenvalue weighted by atomic mass is 10.1. The van der Waals surface area contributed by atoms with E-state index in [1.54, 1.807) is 12.4 Å². The standard InChI is InChI=1S/C16H19N3O3S/c1-11-8-17-16(18-9-11)22-13-2-5-19(6-3-13)10-12-4-7-23-14(12)15(20)21/h4,7-9,13H,2-3,5-6,10H2,1H3,(H,20,21). The maximum atomic E-state index is 11.2. The molecule has 1 fully saturated rings. The molecule has 0 radical (unpaired) electrons. The Morgan fingerprint density at radius 1 is 1.39 bits per heavy atom. The van der Waals surface area contributed by atoms with Crippen molar-refractivity contribution >= 4 is 17.3 Å². The Labute approximate surface area is 138 Å². The molecular weight excluding hydrogens is 314 g/mol. The lowest BCUT2D eigenvalue weighted by Crippen LogP contribution is -2.38. The summed E-state index contributed by atoms with van der Waals surface area (Å²) in [5.41, 5.74) is 1.90. The van der Waals surface area contributed by atoms with E-state index in [0.717, 1.165) is 37.1 Å². The van der Waals surface area contributed by atoms with Gasteiger partial charge in [0, 0.05) is 32.0 Å². The van der Waals surface area contributed by atoms with Crippen LogP contribution in [0.1, 0.15) is 33.6 Å². The second-order valence-electron chi connectivity index (χ2n) is 5.72. The summed E-state index contributed by atoms with van der Waals surface area (Å²) >= 11 is 1.28. The van der Waals surface area contributed by atoms with Gasteiger partial charge in [0.1, 0.15) is 11.0 Å². The van der Waals surface area contributed by atoms with Gasteiger partial charge in [-0.1, -0.05) is 0 Å². The molecule has 122 valence electrons. The van der Waals surface area contributed by atoms with Crippen molar-refractivity contribution in [3.8, 4) is 6.01 Å². The Morgan fingerprint density at radius 2 is 2.09 bits per heavy atom. The van der Waals surface area contributed by atoms with Crippen LogP contribution in [0.15, 0.2) is 23.8 Å². The number of piperidine rings is 1. The molecule has 3 rings (SSSR count). The molecule has 0 bridgehead atoms. The van der Waals surface area contributed by atoms with Crippen LogP contribution in [0.2, 0.25) is 0 Å². The second-order valence-corrected chi connectivity index (χ2v) is 6.63. The Morgan fingerprint density at radius 3 is 2.74 bits per heavy atom. The molecule has 23 heavy (non-hydrogen) atoms. The average Bonchev–Trinajstić information content (AvgIpc) is 3.00. The maximum absolute atomic E-state index is 11.2. The van der Waals surface area contributed by atoms with Crippen LogP contribution in [0.3, 0.4) is 0 Å². The molecule has 2 aromatic heterocycles. The number of aryl methyl sites for hydroxylation is 1. The summed E-state index contributed by atoms with van der Waals surface area (Å²) in [6.45, 7) is 4.38. The number of aromatic nitrogens is 2. The highest BCUT2D eigenvalue weighted by molar-refractivity contribution is 7.12. The zero-order chi connectivity index (χ0) is 16.2. The Hall–Kier alpha value is -1.99. The predicted molar refractivity (Wildman–Crippen MR) is 87.0 cm³/mol. The third-order valence-corrected chi connectivity index (χ3v) is 4.84. The van der Waals surface area contributed by atoms with Gasteiger partial charge in [-0.25, -0.2) is 14.8 Å². The van der Waals surface area contributed by atoms with E-state index in [0.29, 0.717) is 17.4 Å². The molecule has 3 heterocycles. The fourth-order valence-corrected chi connectivity index (χ4v) is 3.42. The quantitative estimate of drug-likeness (QED) is 0.906. The summed E-state index contributed by atoms with van der Waals surface area (Å²) in [7, 11) is 0. The van der Waals surface area contributed by atoms with E-state index in [4.69, 9.17) is 9.84 Å². The van der Waals surface area contributed by atoms with Crippen LogP contribution in [-0.2, 0) is 6.54 Å². The van der Waals surface area contributed by atoms with Crippen molar-refractivity contribution < 1.29 is 14.6 Å². The number of likely N-dealkylation sites (tertiary alicyclic amines) is 1. The van der Waals surface area contributed by atoms with Gasteiger partial charge in [0.05, 0.1) is 0 Å². The van der Waals surface area contributed by atoms with Gasteiger partial charge >= 0.3 is 12.0 Å². The minimum Gasteiger partial charge on any atom is -0.477 e. The van der Waals surface area contributed by atoms with Crippen molar-refractivity contribution in [2.45, 2.75) is 32.4 Å². The lowest BCUT2D eigenvalue weighted by Gasteiger charge is -2.31. The highest BCUT2D eigenvalue weighted by atomic mass is 32.1. The van der Waals surface area contributed by atoms with Crippen molar-refractivity contribution in [2.24, 2.45) is 0 Å². The maximum Gasteiger partial charge on any atom is 0.346 e. The number of carbonyl (C=O) groups is 1. The predicted octanol–water partition coefficient (Wildman–Crippen LogP) is 2.59. The van der Waals surface area contributed by atoms with Gasteiger partial charge in [0.25, 0.3) is 0 Å². The van der Waals surface area contributed by atoms with Crippen LogP contribution in [-0.4, -0.2) is 45.1 Å². The Balaban J connectivity index is 1.51. The van der Waals surface area contributed by atoms with E-state index < -0.39 is 5.97 Å². The topological polar surface area (TPSA) is 75.5 Å². The summed E-state index contributed by atoms with van der Waals surface area (Å²) in [4.78, 5) is 22.2. The Bertz CT molecular complexity index is 663. The first-order valence-corrected chi connectivity index (χ1v) is 8.47. The Kier molecular flexibility index (Phi) is 4.88. The van der Waals surface area contributed by atoms with Crippen molar-refractivity contribution in [1.82, 2.24) is 14.9 Å². The molecule has 1 saturated heterocycles. The number of hydrogen-bond donors (Lipinski definition) is 1. The molecule has 1 N–H and O–H groups in total. The van der Waals surface area contributed by atoms with Gasteiger partial charge in [0.15, 0.2) is 0 Å². The molecule has 0 unspecified atom stereocenters. The first kappa shape index (κ1) is 15.9. The van der Waals surface area contributed by atoms with Gasteiger partial charge < -0.3 is 9.84 Å². The fraction of sp³-hybridized carbons (Fsp3) is 0.438. The molecule has 1 aliphatic rings.